The average Bonchev–Trinajstić information content (AvgIpc) is 3.35. The maximum atomic E-state index is 13.8. The minimum Gasteiger partial charge on any atom is -0.275 e. The molecule has 9 aromatic rings. The summed E-state index contributed by atoms with van der Waals surface area (Å²) in [5.41, 5.74) is 4.27. The van der Waals surface area contributed by atoms with Gasteiger partial charge in [0.25, 0.3) is 5.56 Å². The average molecular weight is 496 g/mol. The van der Waals surface area contributed by atoms with Crippen molar-refractivity contribution in [2.24, 2.45) is 0 Å². The summed E-state index contributed by atoms with van der Waals surface area (Å²) in [5, 5.41) is 12.7. The fourth-order valence-electron chi connectivity index (χ4n) is 6.79. The summed E-state index contributed by atoms with van der Waals surface area (Å²) >= 11 is 0. The fraction of sp³-hybridized carbons (Fsp3) is 0. The van der Waals surface area contributed by atoms with Gasteiger partial charge in [0.15, 0.2) is 0 Å². The molecule has 0 aliphatic rings. The molecule has 2 heteroatoms. The molecule has 0 N–H and O–H groups in total. The topological polar surface area (TPSA) is 21.5 Å². The van der Waals surface area contributed by atoms with Gasteiger partial charge in [0.2, 0.25) is 0 Å². The summed E-state index contributed by atoms with van der Waals surface area (Å²) < 4.78 is 1.90. The van der Waals surface area contributed by atoms with Gasteiger partial charge in [0.05, 0.1) is 11.0 Å². The largest absolute Gasteiger partial charge is 0.275 e. The molecule has 0 aliphatic carbocycles. The number of pyridine rings is 1. The van der Waals surface area contributed by atoms with Gasteiger partial charge in [-0.05, 0) is 73.1 Å². The van der Waals surface area contributed by atoms with E-state index in [1.807, 2.05) is 28.7 Å². The van der Waals surface area contributed by atoms with Crippen molar-refractivity contribution in [1.82, 2.24) is 4.40 Å². The van der Waals surface area contributed by atoms with Crippen LogP contribution in [0.1, 0.15) is 0 Å². The van der Waals surface area contributed by atoms with Gasteiger partial charge in [0, 0.05) is 21.5 Å². The zero-order chi connectivity index (χ0) is 25.7. The first-order valence-electron chi connectivity index (χ1n) is 13.3. The lowest BCUT2D eigenvalue weighted by Gasteiger charge is -2.13. The minimum absolute atomic E-state index is 0.0393. The summed E-state index contributed by atoms with van der Waals surface area (Å²) in [4.78, 5) is 13.8. The van der Waals surface area contributed by atoms with E-state index in [1.54, 1.807) is 0 Å². The quantitative estimate of drug-likeness (QED) is 0.208. The van der Waals surface area contributed by atoms with Crippen LogP contribution in [0.15, 0.2) is 132 Å². The molecule has 2 nitrogen and oxygen atoms in total. The molecule has 39 heavy (non-hydrogen) atoms. The van der Waals surface area contributed by atoms with Gasteiger partial charge in [-0.25, -0.2) is 0 Å². The maximum Gasteiger partial charge on any atom is 0.263 e. The molecule has 0 saturated carbocycles. The first-order valence-corrected chi connectivity index (χ1v) is 13.3. The zero-order valence-electron chi connectivity index (χ0n) is 21.0. The number of para-hydroxylation sites is 2. The maximum absolute atomic E-state index is 13.8. The Bertz CT molecular complexity index is 2480. The third-order valence-corrected chi connectivity index (χ3v) is 8.52. The van der Waals surface area contributed by atoms with Gasteiger partial charge in [-0.2, -0.15) is 0 Å². The van der Waals surface area contributed by atoms with Crippen LogP contribution < -0.4 is 5.56 Å². The molecule has 0 atom stereocenters. The molecule has 0 bridgehead atoms. The van der Waals surface area contributed by atoms with E-state index < -0.39 is 0 Å². The first-order chi connectivity index (χ1) is 19.3. The molecule has 180 valence electrons. The summed E-state index contributed by atoms with van der Waals surface area (Å²) in [7, 11) is 0. The molecule has 0 aliphatic heterocycles. The van der Waals surface area contributed by atoms with Crippen LogP contribution in [0.4, 0.5) is 0 Å². The van der Waals surface area contributed by atoms with Crippen molar-refractivity contribution in [2.75, 3.05) is 0 Å². The van der Waals surface area contributed by atoms with E-state index in [9.17, 15) is 4.79 Å². The van der Waals surface area contributed by atoms with Gasteiger partial charge in [0.1, 0.15) is 0 Å². The normalized spacial score (nSPS) is 12.2. The van der Waals surface area contributed by atoms with Crippen LogP contribution in [0.2, 0.25) is 0 Å². The standard InChI is InChI=1S/C37H21NO/c39-37-32-19-17-23(21-34(32)31-14-7-13-30-29-12-5-6-15-35(29)38(37)36(30)31)22-16-18-28-26-10-2-1-8-24(26)25-9-3-4-11-27(25)33(28)20-22/h1-21H. The molecule has 0 unspecified atom stereocenters. The number of fused-ring (bicyclic) bond motifs is 11. The second-order valence-electron chi connectivity index (χ2n) is 10.5. The van der Waals surface area contributed by atoms with Crippen molar-refractivity contribution >= 4 is 70.3 Å². The van der Waals surface area contributed by atoms with E-state index >= 15 is 0 Å². The van der Waals surface area contributed by atoms with Crippen LogP contribution in [0.25, 0.3) is 81.4 Å². The molecule has 0 radical (unpaired) electrons. The highest BCUT2D eigenvalue weighted by Gasteiger charge is 2.17. The highest BCUT2D eigenvalue weighted by molar-refractivity contribution is 6.26. The fourth-order valence-corrected chi connectivity index (χ4v) is 6.79. The predicted molar refractivity (Wildman–Crippen MR) is 165 cm³/mol. The molecule has 0 fully saturated rings. The number of benzene rings is 7. The summed E-state index contributed by atoms with van der Waals surface area (Å²) in [6.45, 7) is 0. The molecular weight excluding hydrogens is 474 g/mol. The lowest BCUT2D eigenvalue weighted by atomic mass is 9.91. The Morgan fingerprint density at radius 2 is 0.795 bits per heavy atom. The van der Waals surface area contributed by atoms with Crippen LogP contribution >= 0.6 is 0 Å². The monoisotopic (exact) mass is 495 g/mol. The van der Waals surface area contributed by atoms with Crippen molar-refractivity contribution < 1.29 is 0 Å². The predicted octanol–water partition coefficient (Wildman–Crippen LogP) is 9.32. The lowest BCUT2D eigenvalue weighted by molar-refractivity contribution is 1.21. The van der Waals surface area contributed by atoms with E-state index in [0.717, 1.165) is 49.1 Å². The van der Waals surface area contributed by atoms with Crippen LogP contribution in [-0.4, -0.2) is 4.40 Å². The number of aromatic nitrogens is 1. The summed E-state index contributed by atoms with van der Waals surface area (Å²) in [5.74, 6) is 0. The van der Waals surface area contributed by atoms with E-state index in [1.165, 1.54) is 32.3 Å². The van der Waals surface area contributed by atoms with Crippen molar-refractivity contribution in [3.63, 3.8) is 0 Å². The lowest BCUT2D eigenvalue weighted by Crippen LogP contribution is -2.12. The van der Waals surface area contributed by atoms with Crippen molar-refractivity contribution in [3.05, 3.63) is 138 Å². The Balaban J connectivity index is 1.37. The van der Waals surface area contributed by atoms with Gasteiger partial charge in [-0.1, -0.05) is 103 Å². The molecule has 0 amide bonds. The van der Waals surface area contributed by atoms with E-state index in [4.69, 9.17) is 0 Å². The second kappa shape index (κ2) is 7.43. The summed E-state index contributed by atoms with van der Waals surface area (Å²) in [6, 6.07) is 45.0. The van der Waals surface area contributed by atoms with Crippen LogP contribution in [0.3, 0.4) is 0 Å². The minimum atomic E-state index is 0.0393. The van der Waals surface area contributed by atoms with E-state index in [2.05, 4.69) is 103 Å². The third kappa shape index (κ3) is 2.68. The number of hydrogen-bond acceptors (Lipinski definition) is 1. The van der Waals surface area contributed by atoms with Gasteiger partial charge < -0.3 is 0 Å². The van der Waals surface area contributed by atoms with E-state index in [-0.39, 0.29) is 5.56 Å². The molecule has 2 heterocycles. The number of nitrogens with zero attached hydrogens (tertiary/aromatic N) is 1. The Morgan fingerprint density at radius 3 is 1.44 bits per heavy atom. The number of rotatable bonds is 1. The Kier molecular flexibility index (Phi) is 3.96. The van der Waals surface area contributed by atoms with Gasteiger partial charge >= 0.3 is 0 Å². The van der Waals surface area contributed by atoms with Crippen LogP contribution in [-0.2, 0) is 0 Å². The van der Waals surface area contributed by atoms with Crippen molar-refractivity contribution in [1.29, 1.82) is 0 Å². The van der Waals surface area contributed by atoms with Crippen LogP contribution in [0.5, 0.6) is 0 Å². The molecule has 0 saturated heterocycles. The zero-order valence-corrected chi connectivity index (χ0v) is 21.0. The van der Waals surface area contributed by atoms with Crippen LogP contribution in [0, 0.1) is 0 Å². The van der Waals surface area contributed by atoms with E-state index in [0.29, 0.717) is 0 Å². The second-order valence-corrected chi connectivity index (χ2v) is 10.5. The van der Waals surface area contributed by atoms with Crippen molar-refractivity contribution in [2.45, 2.75) is 0 Å². The molecule has 2 aromatic heterocycles. The van der Waals surface area contributed by atoms with Gasteiger partial charge in [-0.15, -0.1) is 0 Å². The Morgan fingerprint density at radius 1 is 0.359 bits per heavy atom. The molecule has 9 rings (SSSR count). The smallest absolute Gasteiger partial charge is 0.263 e. The first kappa shape index (κ1) is 20.8. The molecular formula is C37H21NO. The van der Waals surface area contributed by atoms with Crippen molar-refractivity contribution in [3.8, 4) is 11.1 Å². The highest BCUT2D eigenvalue weighted by atomic mass is 16.1. The third-order valence-electron chi connectivity index (χ3n) is 8.52. The van der Waals surface area contributed by atoms with Gasteiger partial charge in [-0.3, -0.25) is 9.20 Å². The molecule has 7 aromatic carbocycles. The SMILES string of the molecule is O=c1c2ccc(-c3ccc4c5ccccc5c5ccccc5c4c3)cc2c2cccc3c4ccccc4n1c23. The Labute approximate surface area is 223 Å². The Hall–Kier alpha value is -5.21. The highest BCUT2D eigenvalue weighted by Crippen LogP contribution is 2.39. The number of hydrogen-bond donors (Lipinski definition) is 0. The molecule has 0 spiro atoms. The summed E-state index contributed by atoms with van der Waals surface area (Å²) in [6.07, 6.45) is 0.